The fraction of sp³-hybridized carbons (Fsp3) is 0. The summed E-state index contributed by atoms with van der Waals surface area (Å²) in [5.74, 6) is -2.53. The molecule has 4 N–H and O–H groups in total. The van der Waals surface area contributed by atoms with Gasteiger partial charge in [-0.2, -0.15) is 0 Å². The maximum Gasteiger partial charge on any atom is 0.252 e. The molecule has 2 aromatic rings. The highest BCUT2D eigenvalue weighted by atomic mass is 19.1. The summed E-state index contributed by atoms with van der Waals surface area (Å²) in [6.45, 7) is 0. The maximum atomic E-state index is 13.4. The molecule has 98 valence electrons. The highest BCUT2D eigenvalue weighted by molar-refractivity contribution is 5.96. The molecule has 2 rings (SSSR count). The van der Waals surface area contributed by atoms with Crippen LogP contribution in [0.1, 0.15) is 10.4 Å². The van der Waals surface area contributed by atoms with E-state index in [1.54, 1.807) is 0 Å². The molecule has 1 amide bonds. The van der Waals surface area contributed by atoms with Gasteiger partial charge in [-0.15, -0.1) is 0 Å². The maximum absolute atomic E-state index is 13.4. The third-order valence-corrected chi connectivity index (χ3v) is 2.38. The smallest absolute Gasteiger partial charge is 0.252 e. The molecule has 6 heteroatoms. The van der Waals surface area contributed by atoms with E-state index >= 15 is 0 Å². The number of halogens is 2. The number of hydrogen-bond acceptors (Lipinski definition) is 3. The minimum atomic E-state index is -0.779. The predicted octanol–water partition coefficient (Wildman–Crippen LogP) is 2.44. The Bertz CT molecular complexity index is 645. The highest BCUT2D eigenvalue weighted by Crippen LogP contribution is 2.29. The molecular formula is C13H10F2N2O2. The van der Waals surface area contributed by atoms with E-state index in [0.29, 0.717) is 5.69 Å². The molecule has 0 unspecified atom stereocenters. The minimum absolute atomic E-state index is 0.00574. The van der Waals surface area contributed by atoms with Crippen LogP contribution in [-0.2, 0) is 0 Å². The van der Waals surface area contributed by atoms with Crippen LogP contribution in [0.5, 0.6) is 11.5 Å². The fourth-order valence-corrected chi connectivity index (χ4v) is 1.50. The molecule has 0 heterocycles. The average molecular weight is 264 g/mol. The van der Waals surface area contributed by atoms with Gasteiger partial charge in [0.05, 0.1) is 5.56 Å². The van der Waals surface area contributed by atoms with E-state index in [9.17, 15) is 13.6 Å². The molecule has 0 bridgehead atoms. The molecule has 0 aliphatic heterocycles. The number of rotatable bonds is 3. The lowest BCUT2D eigenvalue weighted by molar-refractivity contribution is 0.0998. The van der Waals surface area contributed by atoms with E-state index in [0.717, 1.165) is 18.2 Å². The Morgan fingerprint density at radius 2 is 1.79 bits per heavy atom. The lowest BCUT2D eigenvalue weighted by atomic mass is 10.1. The van der Waals surface area contributed by atoms with Gasteiger partial charge in [-0.3, -0.25) is 4.79 Å². The van der Waals surface area contributed by atoms with Crippen LogP contribution in [0.3, 0.4) is 0 Å². The summed E-state index contributed by atoms with van der Waals surface area (Å²) in [4.78, 5) is 11.2. The summed E-state index contributed by atoms with van der Waals surface area (Å²) >= 11 is 0. The Kier molecular flexibility index (Phi) is 3.33. The Morgan fingerprint density at radius 3 is 2.47 bits per heavy atom. The van der Waals surface area contributed by atoms with Crippen LogP contribution < -0.4 is 16.2 Å². The van der Waals surface area contributed by atoms with Crippen molar-refractivity contribution in [3.05, 3.63) is 53.6 Å². The Labute approximate surface area is 107 Å². The molecule has 0 aromatic heterocycles. The van der Waals surface area contributed by atoms with Gasteiger partial charge in [-0.05, 0) is 30.3 Å². The van der Waals surface area contributed by atoms with Gasteiger partial charge < -0.3 is 16.2 Å². The van der Waals surface area contributed by atoms with Crippen molar-refractivity contribution >= 4 is 11.6 Å². The second kappa shape index (κ2) is 4.93. The third-order valence-electron chi connectivity index (χ3n) is 2.38. The monoisotopic (exact) mass is 264 g/mol. The van der Waals surface area contributed by atoms with Crippen molar-refractivity contribution in [2.75, 3.05) is 5.73 Å². The highest BCUT2D eigenvalue weighted by Gasteiger charge is 2.13. The van der Waals surface area contributed by atoms with Gasteiger partial charge in [0.25, 0.3) is 5.91 Å². The van der Waals surface area contributed by atoms with Crippen LogP contribution in [0, 0.1) is 11.6 Å². The summed E-state index contributed by atoms with van der Waals surface area (Å²) in [6.07, 6.45) is 0. The van der Waals surface area contributed by atoms with Crippen LogP contribution in [0.2, 0.25) is 0 Å². The minimum Gasteiger partial charge on any atom is -0.453 e. The van der Waals surface area contributed by atoms with Gasteiger partial charge in [-0.1, -0.05) is 0 Å². The number of carbonyl (C=O) groups excluding carboxylic acids is 1. The molecular weight excluding hydrogens is 254 g/mol. The van der Waals surface area contributed by atoms with Gasteiger partial charge in [0.2, 0.25) is 0 Å². The van der Waals surface area contributed by atoms with Crippen molar-refractivity contribution in [3.8, 4) is 11.5 Å². The molecule has 0 spiro atoms. The van der Waals surface area contributed by atoms with Crippen LogP contribution >= 0.6 is 0 Å². The number of primary amides is 1. The SMILES string of the molecule is NC(=O)c1cc(N)ccc1Oc1cc(F)ccc1F. The molecule has 0 aliphatic rings. The van der Waals surface area contributed by atoms with E-state index < -0.39 is 17.5 Å². The van der Waals surface area contributed by atoms with Crippen LogP contribution in [0.15, 0.2) is 36.4 Å². The number of nitrogen functional groups attached to an aromatic ring is 1. The molecule has 0 saturated carbocycles. The number of anilines is 1. The molecule has 19 heavy (non-hydrogen) atoms. The van der Waals surface area contributed by atoms with Crippen molar-refractivity contribution in [1.29, 1.82) is 0 Å². The van der Waals surface area contributed by atoms with Gasteiger partial charge in [0.15, 0.2) is 11.6 Å². The van der Waals surface area contributed by atoms with E-state index in [-0.39, 0.29) is 17.1 Å². The zero-order valence-corrected chi connectivity index (χ0v) is 9.69. The zero-order chi connectivity index (χ0) is 14.0. The average Bonchev–Trinajstić information content (AvgIpc) is 2.35. The van der Waals surface area contributed by atoms with Crippen LogP contribution in [0.4, 0.5) is 14.5 Å². The van der Waals surface area contributed by atoms with Gasteiger partial charge in [-0.25, -0.2) is 8.78 Å². The summed E-state index contributed by atoms with van der Waals surface area (Å²) in [5.41, 5.74) is 11.0. The topological polar surface area (TPSA) is 78.3 Å². The van der Waals surface area contributed by atoms with Crippen LogP contribution in [0.25, 0.3) is 0 Å². The predicted molar refractivity (Wildman–Crippen MR) is 65.8 cm³/mol. The summed E-state index contributed by atoms with van der Waals surface area (Å²) in [6, 6.07) is 6.87. The molecule has 0 aliphatic carbocycles. The second-order valence-electron chi connectivity index (χ2n) is 3.80. The summed E-state index contributed by atoms with van der Waals surface area (Å²) < 4.78 is 31.6. The molecule has 4 nitrogen and oxygen atoms in total. The van der Waals surface area contributed by atoms with Gasteiger partial charge in [0.1, 0.15) is 11.6 Å². The number of hydrogen-bond donors (Lipinski definition) is 2. The number of carbonyl (C=O) groups is 1. The first-order valence-electron chi connectivity index (χ1n) is 5.29. The van der Waals surface area contributed by atoms with E-state index in [2.05, 4.69) is 0 Å². The first-order chi connectivity index (χ1) is 8.97. The van der Waals surface area contributed by atoms with E-state index in [4.69, 9.17) is 16.2 Å². The largest absolute Gasteiger partial charge is 0.453 e. The first kappa shape index (κ1) is 12.8. The van der Waals surface area contributed by atoms with Crippen molar-refractivity contribution < 1.29 is 18.3 Å². The lowest BCUT2D eigenvalue weighted by Gasteiger charge is -2.10. The van der Waals surface area contributed by atoms with Gasteiger partial charge in [0, 0.05) is 11.8 Å². The van der Waals surface area contributed by atoms with Crippen molar-refractivity contribution in [1.82, 2.24) is 0 Å². The molecule has 2 aromatic carbocycles. The number of benzene rings is 2. The Balaban J connectivity index is 2.43. The quantitative estimate of drug-likeness (QED) is 0.836. The number of nitrogens with two attached hydrogens (primary N) is 2. The number of amides is 1. The number of ether oxygens (including phenoxy) is 1. The molecule has 0 saturated heterocycles. The second-order valence-corrected chi connectivity index (χ2v) is 3.80. The van der Waals surface area contributed by atoms with E-state index in [1.165, 1.54) is 18.2 Å². The summed E-state index contributed by atoms with van der Waals surface area (Å²) in [7, 11) is 0. The Morgan fingerprint density at radius 1 is 1.05 bits per heavy atom. The normalized spacial score (nSPS) is 10.2. The molecule has 0 fully saturated rings. The van der Waals surface area contributed by atoms with Crippen molar-refractivity contribution in [2.24, 2.45) is 5.73 Å². The Hall–Kier alpha value is -2.63. The van der Waals surface area contributed by atoms with Crippen molar-refractivity contribution in [2.45, 2.75) is 0 Å². The van der Waals surface area contributed by atoms with Crippen LogP contribution in [-0.4, -0.2) is 5.91 Å². The zero-order valence-electron chi connectivity index (χ0n) is 9.69. The van der Waals surface area contributed by atoms with Crippen molar-refractivity contribution in [3.63, 3.8) is 0 Å². The standard InChI is InChI=1S/C13H10F2N2O2/c14-7-1-3-10(15)12(5-7)19-11-4-2-8(16)6-9(11)13(17)18/h1-6H,16H2,(H2,17,18). The third kappa shape index (κ3) is 2.79. The van der Waals surface area contributed by atoms with Gasteiger partial charge >= 0.3 is 0 Å². The van der Waals surface area contributed by atoms with E-state index in [1.807, 2.05) is 0 Å². The fourth-order valence-electron chi connectivity index (χ4n) is 1.50. The molecule has 0 atom stereocenters. The first-order valence-corrected chi connectivity index (χ1v) is 5.29. The summed E-state index contributed by atoms with van der Waals surface area (Å²) in [5, 5.41) is 0. The lowest BCUT2D eigenvalue weighted by Crippen LogP contribution is -2.12. The molecule has 0 radical (unpaired) electrons.